The first-order chi connectivity index (χ1) is 12.9. The Morgan fingerprint density at radius 3 is 2.89 bits per heavy atom. The van der Waals surface area contributed by atoms with Crippen LogP contribution >= 0.6 is 0 Å². The third-order valence-corrected chi connectivity index (χ3v) is 9.10. The van der Waals surface area contributed by atoms with Gasteiger partial charge in [0.05, 0.1) is 22.7 Å². The van der Waals surface area contributed by atoms with E-state index >= 15 is 0 Å². The van der Waals surface area contributed by atoms with E-state index in [2.05, 4.69) is 38.4 Å². The molecule has 2 aliphatic carbocycles. The first-order valence-corrected chi connectivity index (χ1v) is 11.5. The van der Waals surface area contributed by atoms with E-state index in [0.29, 0.717) is 11.7 Å². The number of sulfone groups is 1. The maximum atomic E-state index is 12.5. The fourth-order valence-corrected chi connectivity index (χ4v) is 7.21. The van der Waals surface area contributed by atoms with E-state index in [1.54, 1.807) is 6.20 Å². The van der Waals surface area contributed by atoms with Crippen LogP contribution in [-0.2, 0) is 15.3 Å². The second-order valence-electron chi connectivity index (χ2n) is 8.54. The molecule has 2 aliphatic rings. The van der Waals surface area contributed by atoms with Crippen molar-refractivity contribution in [1.29, 1.82) is 0 Å². The van der Waals surface area contributed by atoms with Crippen LogP contribution in [0.3, 0.4) is 0 Å². The Bertz CT molecular complexity index is 1110. The normalized spacial score (nSPS) is 29.1. The fourth-order valence-electron chi connectivity index (χ4n) is 5.17. The van der Waals surface area contributed by atoms with Crippen molar-refractivity contribution in [2.45, 2.75) is 56.6 Å². The van der Waals surface area contributed by atoms with E-state index in [-0.39, 0.29) is 16.6 Å². The highest BCUT2D eigenvalue weighted by Crippen LogP contribution is 2.50. The van der Waals surface area contributed by atoms with Gasteiger partial charge in [0.25, 0.3) is 0 Å². The zero-order valence-corrected chi connectivity index (χ0v) is 16.5. The topological polar surface area (TPSA) is 93.0 Å². The zero-order valence-electron chi connectivity index (χ0n) is 15.7. The van der Waals surface area contributed by atoms with Crippen LogP contribution in [0, 0.1) is 11.8 Å². The van der Waals surface area contributed by atoms with Crippen molar-refractivity contribution in [3.8, 4) is 0 Å². The van der Waals surface area contributed by atoms with E-state index in [1.807, 2.05) is 12.3 Å². The molecule has 0 saturated heterocycles. The molecule has 8 heteroatoms. The molecule has 0 radical (unpaired) electrons. The summed E-state index contributed by atoms with van der Waals surface area (Å²) in [5.74, 6) is 1.84. The molecule has 0 aliphatic heterocycles. The van der Waals surface area contributed by atoms with E-state index in [4.69, 9.17) is 0 Å². The Kier molecular flexibility index (Phi) is 3.67. The average Bonchev–Trinajstić information content (AvgIpc) is 3.11. The maximum Gasteiger partial charge on any atom is 0.179 e. The number of nitrogens with zero attached hydrogens (tertiary/aromatic N) is 4. The predicted octanol–water partition coefficient (Wildman–Crippen LogP) is 2.88. The second kappa shape index (κ2) is 5.77. The van der Waals surface area contributed by atoms with E-state index in [0.717, 1.165) is 54.7 Å². The summed E-state index contributed by atoms with van der Waals surface area (Å²) in [6.07, 6.45) is 8.09. The number of hydrogen-bond donors (Lipinski definition) is 1. The number of aromatic nitrogens is 5. The Hall–Kier alpha value is -1.96. The van der Waals surface area contributed by atoms with Crippen LogP contribution in [-0.4, -0.2) is 44.0 Å². The monoisotopic (exact) mass is 387 g/mol. The van der Waals surface area contributed by atoms with Crippen molar-refractivity contribution in [2.75, 3.05) is 5.75 Å². The molecule has 0 amide bonds. The first kappa shape index (κ1) is 17.2. The van der Waals surface area contributed by atoms with Crippen LogP contribution in [0.2, 0.25) is 0 Å². The number of hydrogen-bond acceptors (Lipinski definition) is 5. The Morgan fingerprint density at radius 1 is 1.33 bits per heavy atom. The molecule has 1 N–H and O–H groups in total. The van der Waals surface area contributed by atoms with Crippen LogP contribution in [0.4, 0.5) is 0 Å². The number of fused-ring (bicyclic) bond motifs is 3. The Labute approximate surface area is 158 Å². The lowest BCUT2D eigenvalue weighted by Crippen LogP contribution is -2.29. The molecule has 3 aromatic rings. The fraction of sp³-hybridized carbons (Fsp3) is 0.632. The van der Waals surface area contributed by atoms with Crippen LogP contribution in [0.25, 0.3) is 16.8 Å². The minimum atomic E-state index is -2.95. The molecule has 0 unspecified atom stereocenters. The molecular formula is C19H25N5O2S. The van der Waals surface area contributed by atoms with Crippen molar-refractivity contribution < 1.29 is 8.42 Å². The number of rotatable bonds is 5. The molecule has 2 fully saturated rings. The van der Waals surface area contributed by atoms with Crippen LogP contribution in [0.15, 0.2) is 18.5 Å². The third-order valence-electron chi connectivity index (χ3n) is 6.68. The van der Waals surface area contributed by atoms with Crippen LogP contribution in [0.5, 0.6) is 0 Å². The lowest BCUT2D eigenvalue weighted by Gasteiger charge is -2.29. The summed E-state index contributed by atoms with van der Waals surface area (Å²) in [7, 11) is -2.95. The van der Waals surface area contributed by atoms with Crippen molar-refractivity contribution in [1.82, 2.24) is 24.6 Å². The predicted molar refractivity (Wildman–Crippen MR) is 103 cm³/mol. The molecule has 0 spiro atoms. The van der Waals surface area contributed by atoms with E-state index in [9.17, 15) is 8.42 Å². The van der Waals surface area contributed by atoms with Gasteiger partial charge in [-0.25, -0.2) is 13.4 Å². The Balaban J connectivity index is 1.56. The van der Waals surface area contributed by atoms with E-state index < -0.39 is 9.84 Å². The van der Waals surface area contributed by atoms with Crippen molar-refractivity contribution in [3.63, 3.8) is 0 Å². The molecule has 0 aromatic carbocycles. The lowest BCUT2D eigenvalue weighted by atomic mass is 9.77. The highest BCUT2D eigenvalue weighted by Gasteiger charge is 2.49. The van der Waals surface area contributed by atoms with E-state index in [1.165, 1.54) is 0 Å². The summed E-state index contributed by atoms with van der Waals surface area (Å²) >= 11 is 0. The molecule has 3 heterocycles. The smallest absolute Gasteiger partial charge is 0.179 e. The molecule has 144 valence electrons. The van der Waals surface area contributed by atoms with Gasteiger partial charge in [0.1, 0.15) is 5.82 Å². The molecule has 3 aromatic heterocycles. The summed E-state index contributed by atoms with van der Waals surface area (Å²) in [6, 6.07) is 2.00. The third kappa shape index (κ3) is 2.60. The first-order valence-electron chi connectivity index (χ1n) is 9.81. The van der Waals surface area contributed by atoms with Crippen molar-refractivity contribution >= 4 is 26.6 Å². The van der Waals surface area contributed by atoms with Crippen LogP contribution < -0.4 is 0 Å². The SMILES string of the molecule is CC[C@H]1C[C@@H](CS(=O)(=O)C2CC2)C[C@@]1(C)c1nnc2cnc3[nH]ccc3n12. The molecule has 0 bridgehead atoms. The average molecular weight is 388 g/mol. The minimum absolute atomic E-state index is 0.0797. The summed E-state index contributed by atoms with van der Waals surface area (Å²) < 4.78 is 27.2. The standard InChI is InChI=1S/C19H25N5O2S/c1-3-13-8-12(11-27(25,26)14-4-5-14)9-19(13,2)18-23-22-16-10-21-17-15(24(16)18)6-7-20-17/h6-7,10,12-14,20H,3-5,8-9,11H2,1-2H3/t12-,13+,19-/m1/s1. The summed E-state index contributed by atoms with van der Waals surface area (Å²) in [6.45, 7) is 4.43. The zero-order chi connectivity index (χ0) is 18.8. The molecule has 5 rings (SSSR count). The molecular weight excluding hydrogens is 362 g/mol. The van der Waals surface area contributed by atoms with Crippen LogP contribution in [0.1, 0.15) is 51.8 Å². The largest absolute Gasteiger partial charge is 0.345 e. The quantitative estimate of drug-likeness (QED) is 0.727. The molecule has 3 atom stereocenters. The summed E-state index contributed by atoms with van der Waals surface area (Å²) in [5, 5.41) is 8.85. The highest BCUT2D eigenvalue weighted by atomic mass is 32.2. The lowest BCUT2D eigenvalue weighted by molar-refractivity contribution is 0.315. The molecule has 27 heavy (non-hydrogen) atoms. The van der Waals surface area contributed by atoms with Gasteiger partial charge in [-0.1, -0.05) is 20.3 Å². The number of nitrogens with one attached hydrogen (secondary N) is 1. The number of H-pyrrole nitrogens is 1. The Morgan fingerprint density at radius 2 is 2.15 bits per heavy atom. The number of aromatic amines is 1. The maximum absolute atomic E-state index is 12.5. The molecule has 7 nitrogen and oxygen atoms in total. The van der Waals surface area contributed by atoms with Gasteiger partial charge in [-0.15, -0.1) is 10.2 Å². The van der Waals surface area contributed by atoms with Gasteiger partial charge in [-0.2, -0.15) is 0 Å². The second-order valence-corrected chi connectivity index (χ2v) is 10.9. The van der Waals surface area contributed by atoms with Gasteiger partial charge in [-0.3, -0.25) is 4.40 Å². The summed E-state index contributed by atoms with van der Waals surface area (Å²) in [4.78, 5) is 7.55. The van der Waals surface area contributed by atoms with Gasteiger partial charge in [0, 0.05) is 11.6 Å². The molecule has 2 saturated carbocycles. The van der Waals surface area contributed by atoms with Gasteiger partial charge >= 0.3 is 0 Å². The van der Waals surface area contributed by atoms with Gasteiger partial charge in [-0.05, 0) is 43.6 Å². The van der Waals surface area contributed by atoms with Gasteiger partial charge in [0.15, 0.2) is 21.1 Å². The van der Waals surface area contributed by atoms with Crippen molar-refractivity contribution in [2.24, 2.45) is 11.8 Å². The van der Waals surface area contributed by atoms with Gasteiger partial charge < -0.3 is 4.98 Å². The minimum Gasteiger partial charge on any atom is -0.345 e. The highest BCUT2D eigenvalue weighted by molar-refractivity contribution is 7.92. The van der Waals surface area contributed by atoms with Crippen molar-refractivity contribution in [3.05, 3.63) is 24.3 Å². The van der Waals surface area contributed by atoms with Gasteiger partial charge in [0.2, 0.25) is 0 Å². The summed E-state index contributed by atoms with van der Waals surface area (Å²) in [5.41, 5.74) is 2.33.